The van der Waals surface area contributed by atoms with Crippen LogP contribution in [0.1, 0.15) is 12.8 Å². The van der Waals surface area contributed by atoms with Gasteiger partial charge in [-0.25, -0.2) is 0 Å². The molecule has 0 aromatic heterocycles. The fraction of sp³-hybridized carbons (Fsp3) is 0.632. The van der Waals surface area contributed by atoms with E-state index in [9.17, 15) is 13.2 Å². The number of methoxy groups -OCH3 is 1. The molecule has 3 rings (SSSR count). The summed E-state index contributed by atoms with van der Waals surface area (Å²) in [6.45, 7) is 1.68. The lowest BCUT2D eigenvalue weighted by Gasteiger charge is -2.23. The maximum atomic E-state index is 12.6. The second-order valence-electron chi connectivity index (χ2n) is 7.30. The number of anilines is 1. The Hall–Kier alpha value is -2.16. The predicted octanol–water partition coefficient (Wildman–Crippen LogP) is 2.08. The number of hydrogen-bond donors (Lipinski definition) is 2. The molecule has 2 heterocycles. The molecule has 0 bridgehead atoms. The Morgan fingerprint density at radius 2 is 1.82 bits per heavy atom. The van der Waals surface area contributed by atoms with Crippen molar-refractivity contribution < 1.29 is 17.9 Å². The molecule has 0 radical (unpaired) electrons. The summed E-state index contributed by atoms with van der Waals surface area (Å²) in [6, 6.07) is 8.12. The number of rotatable bonds is 5. The highest BCUT2D eigenvalue weighted by atomic mass is 19.4. The SMILES string of the molecule is CN=C(NC1CCN(CC(F)(F)F)C1)NC1CCN(c2ccccc2OC)C1. The molecular formula is C19H28F3N5O. The number of benzene rings is 1. The molecule has 2 aliphatic heterocycles. The minimum absolute atomic E-state index is 0.0275. The highest BCUT2D eigenvalue weighted by Gasteiger charge is 2.34. The summed E-state index contributed by atoms with van der Waals surface area (Å²) in [5, 5.41) is 6.68. The van der Waals surface area contributed by atoms with Crippen molar-refractivity contribution in [3.8, 4) is 5.75 Å². The van der Waals surface area contributed by atoms with Gasteiger partial charge >= 0.3 is 6.18 Å². The Morgan fingerprint density at radius 1 is 1.14 bits per heavy atom. The van der Waals surface area contributed by atoms with E-state index in [0.717, 1.165) is 30.9 Å². The molecule has 0 saturated carbocycles. The number of guanidine groups is 1. The van der Waals surface area contributed by atoms with E-state index in [-0.39, 0.29) is 12.1 Å². The molecule has 2 saturated heterocycles. The predicted molar refractivity (Wildman–Crippen MR) is 104 cm³/mol. The van der Waals surface area contributed by atoms with Gasteiger partial charge in [0.05, 0.1) is 19.3 Å². The van der Waals surface area contributed by atoms with Crippen LogP contribution in [0.3, 0.4) is 0 Å². The summed E-state index contributed by atoms with van der Waals surface area (Å²) in [6.07, 6.45) is -2.53. The zero-order valence-electron chi connectivity index (χ0n) is 16.3. The average molecular weight is 399 g/mol. The van der Waals surface area contributed by atoms with E-state index in [0.29, 0.717) is 25.5 Å². The first-order valence-corrected chi connectivity index (χ1v) is 9.55. The second-order valence-corrected chi connectivity index (χ2v) is 7.30. The van der Waals surface area contributed by atoms with Crippen LogP contribution in [0.2, 0.25) is 0 Å². The number of likely N-dealkylation sites (tertiary alicyclic amines) is 1. The van der Waals surface area contributed by atoms with E-state index in [2.05, 4.69) is 20.5 Å². The lowest BCUT2D eigenvalue weighted by atomic mass is 10.2. The molecule has 0 aliphatic carbocycles. The van der Waals surface area contributed by atoms with E-state index in [1.165, 1.54) is 4.90 Å². The second kappa shape index (κ2) is 8.89. The maximum Gasteiger partial charge on any atom is 0.401 e. The fourth-order valence-corrected chi connectivity index (χ4v) is 3.89. The summed E-state index contributed by atoms with van der Waals surface area (Å²) < 4.78 is 43.1. The van der Waals surface area contributed by atoms with Crippen molar-refractivity contribution in [1.29, 1.82) is 0 Å². The van der Waals surface area contributed by atoms with Crippen molar-refractivity contribution in [2.75, 3.05) is 51.8 Å². The van der Waals surface area contributed by atoms with Crippen molar-refractivity contribution in [3.05, 3.63) is 24.3 Å². The van der Waals surface area contributed by atoms with Gasteiger partial charge in [-0.2, -0.15) is 13.2 Å². The highest BCUT2D eigenvalue weighted by molar-refractivity contribution is 5.80. The van der Waals surface area contributed by atoms with Gasteiger partial charge in [-0.05, 0) is 25.0 Å². The maximum absolute atomic E-state index is 12.6. The molecule has 2 fully saturated rings. The number of hydrogen-bond acceptors (Lipinski definition) is 4. The molecule has 6 nitrogen and oxygen atoms in total. The minimum atomic E-state index is -4.15. The van der Waals surface area contributed by atoms with E-state index in [1.54, 1.807) is 14.2 Å². The number of ether oxygens (including phenoxy) is 1. The van der Waals surface area contributed by atoms with Crippen molar-refractivity contribution in [3.63, 3.8) is 0 Å². The summed E-state index contributed by atoms with van der Waals surface area (Å²) in [4.78, 5) is 7.96. The van der Waals surface area contributed by atoms with Crippen molar-refractivity contribution in [2.45, 2.75) is 31.1 Å². The molecule has 0 spiro atoms. The number of para-hydroxylation sites is 2. The lowest BCUT2D eigenvalue weighted by Crippen LogP contribution is -2.49. The van der Waals surface area contributed by atoms with Gasteiger partial charge in [0, 0.05) is 45.3 Å². The molecule has 2 atom stereocenters. The molecule has 2 unspecified atom stereocenters. The first-order valence-electron chi connectivity index (χ1n) is 9.55. The van der Waals surface area contributed by atoms with Gasteiger partial charge in [0.2, 0.25) is 0 Å². The molecule has 2 aliphatic rings. The molecule has 28 heavy (non-hydrogen) atoms. The molecule has 1 aromatic carbocycles. The third kappa shape index (κ3) is 5.43. The van der Waals surface area contributed by atoms with Crippen LogP contribution in [0.5, 0.6) is 5.75 Å². The van der Waals surface area contributed by atoms with E-state index < -0.39 is 12.7 Å². The Balaban J connectivity index is 1.50. The zero-order valence-corrected chi connectivity index (χ0v) is 16.3. The number of aliphatic imine (C=N–C) groups is 1. The van der Waals surface area contributed by atoms with Gasteiger partial charge in [0.1, 0.15) is 5.75 Å². The molecule has 1 aromatic rings. The van der Waals surface area contributed by atoms with Gasteiger partial charge in [0.15, 0.2) is 5.96 Å². The number of alkyl halides is 3. The van der Waals surface area contributed by atoms with Crippen LogP contribution >= 0.6 is 0 Å². The summed E-state index contributed by atoms with van der Waals surface area (Å²) in [5.41, 5.74) is 1.07. The Labute approximate surface area is 163 Å². The van der Waals surface area contributed by atoms with Gasteiger partial charge in [-0.15, -0.1) is 0 Å². The van der Waals surface area contributed by atoms with E-state index in [1.807, 2.05) is 24.3 Å². The van der Waals surface area contributed by atoms with Gasteiger partial charge < -0.3 is 20.3 Å². The third-order valence-electron chi connectivity index (χ3n) is 5.19. The van der Waals surface area contributed by atoms with Crippen LogP contribution in [0.15, 0.2) is 29.3 Å². The van der Waals surface area contributed by atoms with Crippen LogP contribution in [0.25, 0.3) is 0 Å². The van der Waals surface area contributed by atoms with Crippen molar-refractivity contribution in [2.24, 2.45) is 4.99 Å². The van der Waals surface area contributed by atoms with Crippen molar-refractivity contribution in [1.82, 2.24) is 15.5 Å². The lowest BCUT2D eigenvalue weighted by molar-refractivity contribution is -0.143. The standard InChI is InChI=1S/C19H28F3N5O/c1-23-18(24-14-7-9-26(11-14)13-19(20,21)22)25-15-8-10-27(12-15)16-5-3-4-6-17(16)28-2/h3-6,14-15H,7-13H2,1-2H3,(H2,23,24,25). The Kier molecular flexibility index (Phi) is 6.53. The minimum Gasteiger partial charge on any atom is -0.495 e. The monoisotopic (exact) mass is 399 g/mol. The Morgan fingerprint density at radius 3 is 2.50 bits per heavy atom. The smallest absolute Gasteiger partial charge is 0.401 e. The van der Waals surface area contributed by atoms with E-state index in [4.69, 9.17) is 4.74 Å². The first kappa shape index (κ1) is 20.6. The van der Waals surface area contributed by atoms with Crippen LogP contribution < -0.4 is 20.3 Å². The van der Waals surface area contributed by atoms with Gasteiger partial charge in [-0.3, -0.25) is 9.89 Å². The van der Waals surface area contributed by atoms with E-state index >= 15 is 0 Å². The molecule has 2 N–H and O–H groups in total. The summed E-state index contributed by atoms with van der Waals surface area (Å²) in [5.74, 6) is 1.49. The number of halogens is 3. The number of nitrogens with zero attached hydrogens (tertiary/aromatic N) is 3. The molecule has 0 amide bonds. The topological polar surface area (TPSA) is 52.1 Å². The average Bonchev–Trinajstić information content (AvgIpc) is 3.29. The van der Waals surface area contributed by atoms with Crippen LogP contribution in [0, 0.1) is 0 Å². The third-order valence-corrected chi connectivity index (χ3v) is 5.19. The molecule has 9 heteroatoms. The highest BCUT2D eigenvalue weighted by Crippen LogP contribution is 2.30. The van der Waals surface area contributed by atoms with Crippen LogP contribution in [0.4, 0.5) is 18.9 Å². The van der Waals surface area contributed by atoms with Crippen LogP contribution in [-0.4, -0.2) is 76.0 Å². The quantitative estimate of drug-likeness (QED) is 0.587. The van der Waals surface area contributed by atoms with Gasteiger partial charge in [-0.1, -0.05) is 12.1 Å². The molecule has 156 valence electrons. The first-order chi connectivity index (χ1) is 13.4. The number of nitrogens with one attached hydrogen (secondary N) is 2. The summed E-state index contributed by atoms with van der Waals surface area (Å²) in [7, 11) is 3.35. The zero-order chi connectivity index (χ0) is 20.1. The van der Waals surface area contributed by atoms with Gasteiger partial charge in [0.25, 0.3) is 0 Å². The fourth-order valence-electron chi connectivity index (χ4n) is 3.89. The molecular weight excluding hydrogens is 371 g/mol. The normalized spacial score (nSPS) is 23.9. The largest absolute Gasteiger partial charge is 0.495 e. The Bertz CT molecular complexity index is 682. The summed E-state index contributed by atoms with van der Waals surface area (Å²) >= 11 is 0. The van der Waals surface area contributed by atoms with Crippen LogP contribution in [-0.2, 0) is 0 Å². The van der Waals surface area contributed by atoms with Crippen molar-refractivity contribution >= 4 is 11.6 Å².